The van der Waals surface area contributed by atoms with Gasteiger partial charge in [-0.1, -0.05) is 19.3 Å². The third-order valence-electron chi connectivity index (χ3n) is 3.60. The first-order chi connectivity index (χ1) is 5.78. The van der Waals surface area contributed by atoms with Crippen molar-refractivity contribution in [1.82, 2.24) is 5.32 Å². The van der Waals surface area contributed by atoms with Crippen LogP contribution in [0.15, 0.2) is 0 Å². The molecule has 0 saturated heterocycles. The first kappa shape index (κ1) is 8.09. The number of hydrogen-bond acceptors (Lipinski definition) is 1. The topological polar surface area (TPSA) is 29.1 Å². The van der Waals surface area contributed by atoms with Crippen molar-refractivity contribution < 1.29 is 4.79 Å². The highest BCUT2D eigenvalue weighted by Gasteiger charge is 2.57. The summed E-state index contributed by atoms with van der Waals surface area (Å²) in [4.78, 5) is 11.3. The van der Waals surface area contributed by atoms with Gasteiger partial charge in [-0.25, -0.2) is 0 Å². The molecule has 0 unspecified atom stereocenters. The average Bonchev–Trinajstić information content (AvgIpc) is 2.80. The van der Waals surface area contributed by atoms with Crippen molar-refractivity contribution in [2.45, 2.75) is 38.5 Å². The van der Waals surface area contributed by atoms with Gasteiger partial charge in [-0.3, -0.25) is 4.79 Å². The molecule has 1 spiro atoms. The van der Waals surface area contributed by atoms with Gasteiger partial charge in [-0.05, 0) is 24.7 Å². The second-order valence-corrected chi connectivity index (χ2v) is 4.29. The Balaban J connectivity index is 1.95. The molecule has 2 heteroatoms. The summed E-state index contributed by atoms with van der Waals surface area (Å²) in [7, 11) is 1.75. The van der Waals surface area contributed by atoms with E-state index in [1.807, 2.05) is 0 Å². The number of amides is 1. The van der Waals surface area contributed by atoms with Crippen LogP contribution in [0.1, 0.15) is 38.5 Å². The SMILES string of the molecule is CNC(=O)[C@@H]1CC12CCCCC2. The first-order valence-electron chi connectivity index (χ1n) is 5.00. The zero-order chi connectivity index (χ0) is 8.60. The van der Waals surface area contributed by atoms with Crippen molar-refractivity contribution in [1.29, 1.82) is 0 Å². The molecule has 2 rings (SSSR count). The predicted octanol–water partition coefficient (Wildman–Crippen LogP) is 1.70. The second kappa shape index (κ2) is 2.75. The van der Waals surface area contributed by atoms with Crippen LogP contribution in [0.3, 0.4) is 0 Å². The van der Waals surface area contributed by atoms with Gasteiger partial charge in [0.15, 0.2) is 0 Å². The van der Waals surface area contributed by atoms with E-state index < -0.39 is 0 Å². The lowest BCUT2D eigenvalue weighted by Crippen LogP contribution is -2.24. The van der Waals surface area contributed by atoms with E-state index >= 15 is 0 Å². The maximum absolute atomic E-state index is 11.3. The van der Waals surface area contributed by atoms with Crippen molar-refractivity contribution in [3.05, 3.63) is 0 Å². The van der Waals surface area contributed by atoms with Crippen LogP contribution >= 0.6 is 0 Å². The van der Waals surface area contributed by atoms with Crippen molar-refractivity contribution >= 4 is 5.91 Å². The fraction of sp³-hybridized carbons (Fsp3) is 0.900. The van der Waals surface area contributed by atoms with Crippen molar-refractivity contribution in [3.8, 4) is 0 Å². The molecule has 2 nitrogen and oxygen atoms in total. The minimum atomic E-state index is 0.275. The lowest BCUT2D eigenvalue weighted by molar-refractivity contribution is -0.122. The van der Waals surface area contributed by atoms with Crippen molar-refractivity contribution in [2.24, 2.45) is 11.3 Å². The Morgan fingerprint density at radius 3 is 2.58 bits per heavy atom. The molecule has 0 radical (unpaired) electrons. The third kappa shape index (κ3) is 1.13. The molecule has 2 aliphatic rings. The van der Waals surface area contributed by atoms with Crippen molar-refractivity contribution in [3.63, 3.8) is 0 Å². The molecule has 1 atom stereocenters. The van der Waals surface area contributed by atoms with Gasteiger partial charge < -0.3 is 5.32 Å². The van der Waals surface area contributed by atoms with Gasteiger partial charge in [0.2, 0.25) is 5.91 Å². The van der Waals surface area contributed by atoms with Crippen LogP contribution in [-0.4, -0.2) is 13.0 Å². The number of hydrogen-bond donors (Lipinski definition) is 1. The maximum atomic E-state index is 11.3. The predicted molar refractivity (Wildman–Crippen MR) is 47.7 cm³/mol. The second-order valence-electron chi connectivity index (χ2n) is 4.29. The van der Waals surface area contributed by atoms with Gasteiger partial charge >= 0.3 is 0 Å². The smallest absolute Gasteiger partial charge is 0.223 e. The Morgan fingerprint density at radius 2 is 2.00 bits per heavy atom. The van der Waals surface area contributed by atoms with Crippen LogP contribution in [0.4, 0.5) is 0 Å². The van der Waals surface area contributed by atoms with Crippen LogP contribution in [-0.2, 0) is 4.79 Å². The molecule has 2 saturated carbocycles. The summed E-state index contributed by atoms with van der Waals surface area (Å²) in [5.74, 6) is 0.639. The normalized spacial score (nSPS) is 31.6. The van der Waals surface area contributed by atoms with Gasteiger partial charge in [-0.15, -0.1) is 0 Å². The lowest BCUT2D eigenvalue weighted by atomic mass is 9.84. The summed E-state index contributed by atoms with van der Waals surface area (Å²) in [6.45, 7) is 0. The molecule has 0 aromatic rings. The fourth-order valence-corrected chi connectivity index (χ4v) is 2.70. The Bertz CT molecular complexity index is 194. The van der Waals surface area contributed by atoms with Crippen LogP contribution in [0.2, 0.25) is 0 Å². The van der Waals surface area contributed by atoms with Gasteiger partial charge in [0.25, 0.3) is 0 Å². The monoisotopic (exact) mass is 167 g/mol. The van der Waals surface area contributed by atoms with Gasteiger partial charge in [0.05, 0.1) is 0 Å². The van der Waals surface area contributed by atoms with Crippen LogP contribution in [0.5, 0.6) is 0 Å². The molecule has 2 aliphatic carbocycles. The highest BCUT2D eigenvalue weighted by molar-refractivity contribution is 5.82. The average molecular weight is 167 g/mol. The molecule has 0 bridgehead atoms. The molecule has 1 amide bonds. The van der Waals surface area contributed by atoms with Gasteiger partial charge in [-0.2, -0.15) is 0 Å². The highest BCUT2D eigenvalue weighted by atomic mass is 16.2. The van der Waals surface area contributed by atoms with E-state index in [1.165, 1.54) is 32.1 Å². The Labute approximate surface area is 73.7 Å². The lowest BCUT2D eigenvalue weighted by Gasteiger charge is -2.21. The van der Waals surface area contributed by atoms with Gasteiger partial charge in [0, 0.05) is 13.0 Å². The minimum Gasteiger partial charge on any atom is -0.359 e. The molecule has 68 valence electrons. The molecule has 0 heterocycles. The van der Waals surface area contributed by atoms with Gasteiger partial charge in [0.1, 0.15) is 0 Å². The Kier molecular flexibility index (Phi) is 1.85. The summed E-state index contributed by atoms with van der Waals surface area (Å²) in [6.07, 6.45) is 7.81. The summed E-state index contributed by atoms with van der Waals surface area (Å²) in [5, 5.41) is 2.76. The van der Waals surface area contributed by atoms with Crippen LogP contribution < -0.4 is 5.32 Å². The number of nitrogens with one attached hydrogen (secondary N) is 1. The molecule has 12 heavy (non-hydrogen) atoms. The third-order valence-corrected chi connectivity index (χ3v) is 3.60. The summed E-state index contributed by atoms with van der Waals surface area (Å²) < 4.78 is 0. The standard InChI is InChI=1S/C10H17NO/c1-11-9(12)8-7-10(8)5-3-2-4-6-10/h8H,2-7H2,1H3,(H,11,12)/t8-/m0/s1. The Morgan fingerprint density at radius 1 is 1.33 bits per heavy atom. The largest absolute Gasteiger partial charge is 0.359 e. The molecule has 1 N–H and O–H groups in total. The molecular formula is C10H17NO. The summed E-state index contributed by atoms with van der Waals surface area (Å²) in [5.41, 5.74) is 0.457. The first-order valence-corrected chi connectivity index (χ1v) is 5.00. The number of carbonyl (C=O) groups is 1. The fourth-order valence-electron chi connectivity index (χ4n) is 2.70. The van der Waals surface area contributed by atoms with Crippen LogP contribution in [0, 0.1) is 11.3 Å². The van der Waals surface area contributed by atoms with Crippen LogP contribution in [0.25, 0.3) is 0 Å². The molecular weight excluding hydrogens is 150 g/mol. The zero-order valence-corrected chi connectivity index (χ0v) is 7.73. The van der Waals surface area contributed by atoms with E-state index in [-0.39, 0.29) is 5.91 Å². The van der Waals surface area contributed by atoms with E-state index in [0.717, 1.165) is 6.42 Å². The van der Waals surface area contributed by atoms with E-state index in [4.69, 9.17) is 0 Å². The zero-order valence-electron chi connectivity index (χ0n) is 7.73. The number of carbonyl (C=O) groups excluding carboxylic acids is 1. The summed E-state index contributed by atoms with van der Waals surface area (Å²) >= 11 is 0. The number of rotatable bonds is 1. The van der Waals surface area contributed by atoms with E-state index in [9.17, 15) is 4.79 Å². The quantitative estimate of drug-likeness (QED) is 0.632. The molecule has 0 aliphatic heterocycles. The van der Waals surface area contributed by atoms with Crippen molar-refractivity contribution in [2.75, 3.05) is 7.05 Å². The van der Waals surface area contributed by atoms with E-state index in [0.29, 0.717) is 11.3 Å². The molecule has 0 aromatic heterocycles. The van der Waals surface area contributed by atoms with E-state index in [1.54, 1.807) is 7.05 Å². The Hall–Kier alpha value is -0.530. The van der Waals surface area contributed by atoms with E-state index in [2.05, 4.69) is 5.32 Å². The highest BCUT2D eigenvalue weighted by Crippen LogP contribution is 2.61. The summed E-state index contributed by atoms with van der Waals surface area (Å²) in [6, 6.07) is 0. The minimum absolute atomic E-state index is 0.275. The maximum Gasteiger partial charge on any atom is 0.223 e. The molecule has 0 aromatic carbocycles. The molecule has 2 fully saturated rings.